The van der Waals surface area contributed by atoms with Crippen LogP contribution in [-0.2, 0) is 16.6 Å². The van der Waals surface area contributed by atoms with Gasteiger partial charge in [-0.25, -0.2) is 8.42 Å². The topological polar surface area (TPSA) is 86.8 Å². The Bertz CT molecular complexity index is 1070. The summed E-state index contributed by atoms with van der Waals surface area (Å²) >= 11 is 0. The van der Waals surface area contributed by atoms with Crippen LogP contribution in [0.15, 0.2) is 71.9 Å². The molecule has 3 aromatic rings. The first-order valence-electron chi connectivity index (χ1n) is 9.56. The van der Waals surface area contributed by atoms with Crippen LogP contribution >= 0.6 is 0 Å². The minimum atomic E-state index is -3.82. The van der Waals surface area contributed by atoms with Gasteiger partial charge in [0.25, 0.3) is 10.0 Å². The molecule has 0 aliphatic rings. The van der Waals surface area contributed by atoms with Gasteiger partial charge in [0.15, 0.2) is 11.5 Å². The summed E-state index contributed by atoms with van der Waals surface area (Å²) in [6, 6.07) is 15.0. The van der Waals surface area contributed by atoms with Gasteiger partial charge in [-0.1, -0.05) is 6.07 Å². The monoisotopic (exact) mass is 428 g/mol. The molecular weight excluding hydrogens is 404 g/mol. The highest BCUT2D eigenvalue weighted by Crippen LogP contribution is 2.31. The van der Waals surface area contributed by atoms with Crippen LogP contribution in [0, 0.1) is 0 Å². The quantitative estimate of drug-likeness (QED) is 0.519. The van der Waals surface area contributed by atoms with Crippen molar-refractivity contribution in [2.24, 2.45) is 0 Å². The molecule has 0 fully saturated rings. The van der Waals surface area contributed by atoms with Gasteiger partial charge in [-0.2, -0.15) is 0 Å². The smallest absolute Gasteiger partial charge is 0.262 e. The van der Waals surface area contributed by atoms with Gasteiger partial charge < -0.3 is 14.2 Å². The summed E-state index contributed by atoms with van der Waals surface area (Å²) in [7, 11) is -3.82. The molecule has 0 bridgehead atoms. The zero-order valence-electron chi connectivity index (χ0n) is 16.9. The predicted octanol–water partition coefficient (Wildman–Crippen LogP) is 4.26. The van der Waals surface area contributed by atoms with Crippen LogP contribution < -0.4 is 18.9 Å². The molecule has 8 heteroatoms. The third kappa shape index (κ3) is 5.64. The molecule has 2 aromatic carbocycles. The fourth-order valence-corrected chi connectivity index (χ4v) is 3.77. The Balaban J connectivity index is 1.75. The fourth-order valence-electron chi connectivity index (χ4n) is 2.71. The molecule has 0 saturated heterocycles. The van der Waals surface area contributed by atoms with Crippen LogP contribution in [0.3, 0.4) is 0 Å². The van der Waals surface area contributed by atoms with Gasteiger partial charge in [-0.3, -0.25) is 9.71 Å². The Morgan fingerprint density at radius 2 is 1.60 bits per heavy atom. The number of anilines is 1. The molecule has 0 amide bonds. The van der Waals surface area contributed by atoms with Crippen molar-refractivity contribution in [3.8, 4) is 17.2 Å². The number of rotatable bonds is 10. The molecule has 158 valence electrons. The molecule has 0 radical (unpaired) electrons. The van der Waals surface area contributed by atoms with Crippen LogP contribution in [0.4, 0.5) is 5.69 Å². The third-order valence-electron chi connectivity index (χ3n) is 4.07. The molecule has 30 heavy (non-hydrogen) atoms. The minimum Gasteiger partial charge on any atom is -0.490 e. The first-order chi connectivity index (χ1) is 14.5. The molecule has 1 N–H and O–H groups in total. The highest BCUT2D eigenvalue weighted by Gasteiger charge is 2.18. The van der Waals surface area contributed by atoms with Crippen LogP contribution in [0.25, 0.3) is 0 Å². The van der Waals surface area contributed by atoms with Crippen molar-refractivity contribution >= 4 is 15.7 Å². The van der Waals surface area contributed by atoms with E-state index in [9.17, 15) is 8.42 Å². The summed E-state index contributed by atoms with van der Waals surface area (Å²) in [5.74, 6) is 1.44. The van der Waals surface area contributed by atoms with E-state index in [4.69, 9.17) is 14.2 Å². The zero-order valence-corrected chi connectivity index (χ0v) is 17.7. The van der Waals surface area contributed by atoms with Gasteiger partial charge in [0.05, 0.1) is 23.8 Å². The largest absolute Gasteiger partial charge is 0.490 e. The van der Waals surface area contributed by atoms with Gasteiger partial charge in [-0.05, 0) is 55.8 Å². The number of benzene rings is 2. The number of hydrogen-bond donors (Lipinski definition) is 1. The second kappa shape index (κ2) is 9.98. The fraction of sp³-hybridized carbons (Fsp3) is 0.227. The average Bonchev–Trinajstić information content (AvgIpc) is 2.74. The molecule has 3 rings (SSSR count). The van der Waals surface area contributed by atoms with Gasteiger partial charge in [0.2, 0.25) is 0 Å². The Morgan fingerprint density at radius 1 is 0.867 bits per heavy atom. The lowest BCUT2D eigenvalue weighted by atomic mass is 10.3. The number of sulfonamides is 1. The maximum absolute atomic E-state index is 12.9. The van der Waals surface area contributed by atoms with E-state index < -0.39 is 10.0 Å². The lowest BCUT2D eigenvalue weighted by Crippen LogP contribution is -2.13. The van der Waals surface area contributed by atoms with E-state index in [0.29, 0.717) is 42.8 Å². The van der Waals surface area contributed by atoms with Crippen molar-refractivity contribution in [1.82, 2.24) is 4.98 Å². The maximum atomic E-state index is 12.9. The van der Waals surface area contributed by atoms with E-state index in [1.54, 1.807) is 42.7 Å². The molecule has 0 spiro atoms. The highest BCUT2D eigenvalue weighted by atomic mass is 32.2. The van der Waals surface area contributed by atoms with Crippen molar-refractivity contribution in [2.75, 3.05) is 17.9 Å². The van der Waals surface area contributed by atoms with Crippen LogP contribution in [0.1, 0.15) is 19.4 Å². The summed E-state index contributed by atoms with van der Waals surface area (Å²) < 4.78 is 45.1. The Hall–Kier alpha value is -3.26. The number of nitrogens with zero attached hydrogens (tertiary/aromatic N) is 1. The number of aromatic nitrogens is 1. The minimum absolute atomic E-state index is 0.0810. The standard InChI is InChI=1S/C22H24N2O5S/c1-3-27-21-9-8-20(15-22(21)28-4-2)30(25,26)24-18-6-5-7-19(14-18)29-16-17-10-12-23-13-11-17/h5-15,24H,3-4,16H2,1-2H3. The van der Waals surface area contributed by atoms with E-state index in [1.807, 2.05) is 26.0 Å². The highest BCUT2D eigenvalue weighted by molar-refractivity contribution is 7.92. The summed E-state index contributed by atoms with van der Waals surface area (Å²) in [6.45, 7) is 4.89. The van der Waals surface area contributed by atoms with Crippen molar-refractivity contribution in [2.45, 2.75) is 25.3 Å². The first-order valence-corrected chi connectivity index (χ1v) is 11.0. The molecule has 0 saturated carbocycles. The van der Waals surface area contributed by atoms with Crippen molar-refractivity contribution in [3.63, 3.8) is 0 Å². The van der Waals surface area contributed by atoms with Gasteiger partial charge in [0, 0.05) is 24.5 Å². The molecule has 1 aromatic heterocycles. The van der Waals surface area contributed by atoms with E-state index in [1.165, 1.54) is 12.1 Å². The normalized spacial score (nSPS) is 11.0. The summed E-state index contributed by atoms with van der Waals surface area (Å²) in [5, 5.41) is 0. The number of pyridine rings is 1. The van der Waals surface area contributed by atoms with Crippen LogP contribution in [0.2, 0.25) is 0 Å². The lowest BCUT2D eigenvalue weighted by molar-refractivity contribution is 0.287. The molecule has 0 aliphatic heterocycles. The molecule has 0 unspecified atom stereocenters. The summed E-state index contributed by atoms with van der Waals surface area (Å²) in [4.78, 5) is 4.05. The van der Waals surface area contributed by atoms with Crippen LogP contribution in [-0.4, -0.2) is 26.6 Å². The Labute approximate surface area is 176 Å². The first kappa shape index (κ1) is 21.4. The van der Waals surface area contributed by atoms with Crippen molar-refractivity contribution in [1.29, 1.82) is 0 Å². The van der Waals surface area contributed by atoms with Gasteiger partial charge >= 0.3 is 0 Å². The Morgan fingerprint density at radius 3 is 2.33 bits per heavy atom. The molecule has 0 aliphatic carbocycles. The van der Waals surface area contributed by atoms with Crippen molar-refractivity contribution in [3.05, 3.63) is 72.6 Å². The lowest BCUT2D eigenvalue weighted by Gasteiger charge is -2.14. The number of ether oxygens (including phenoxy) is 3. The van der Waals surface area contributed by atoms with Crippen LogP contribution in [0.5, 0.6) is 17.2 Å². The van der Waals surface area contributed by atoms with Gasteiger partial charge in [0.1, 0.15) is 12.4 Å². The zero-order chi connectivity index (χ0) is 21.4. The predicted molar refractivity (Wildman–Crippen MR) is 115 cm³/mol. The molecule has 0 atom stereocenters. The van der Waals surface area contributed by atoms with E-state index in [-0.39, 0.29) is 4.90 Å². The molecular formula is C22H24N2O5S. The second-order valence-electron chi connectivity index (χ2n) is 6.25. The summed E-state index contributed by atoms with van der Waals surface area (Å²) in [6.07, 6.45) is 3.38. The van der Waals surface area contributed by atoms with E-state index in [2.05, 4.69) is 9.71 Å². The third-order valence-corrected chi connectivity index (χ3v) is 5.45. The second-order valence-corrected chi connectivity index (χ2v) is 7.93. The molecule has 1 heterocycles. The number of nitrogens with one attached hydrogen (secondary N) is 1. The maximum Gasteiger partial charge on any atom is 0.262 e. The van der Waals surface area contributed by atoms with Gasteiger partial charge in [-0.15, -0.1) is 0 Å². The molecule has 7 nitrogen and oxygen atoms in total. The van der Waals surface area contributed by atoms with Crippen molar-refractivity contribution < 1.29 is 22.6 Å². The Kier molecular flexibility index (Phi) is 7.13. The average molecular weight is 429 g/mol. The number of hydrogen-bond acceptors (Lipinski definition) is 6. The SMILES string of the molecule is CCOc1ccc(S(=O)(=O)Nc2cccc(OCc3ccncc3)c2)cc1OCC. The summed E-state index contributed by atoms with van der Waals surface area (Å²) in [5.41, 5.74) is 1.36. The van der Waals surface area contributed by atoms with E-state index >= 15 is 0 Å². The van der Waals surface area contributed by atoms with E-state index in [0.717, 1.165) is 5.56 Å².